The molecule has 8 heteroatoms. The van der Waals surface area contributed by atoms with E-state index in [1.807, 2.05) is 0 Å². The second-order valence-electron chi connectivity index (χ2n) is 4.75. The van der Waals surface area contributed by atoms with Gasteiger partial charge in [-0.25, -0.2) is 8.42 Å². The minimum Gasteiger partial charge on any atom is -0.326 e. The van der Waals surface area contributed by atoms with E-state index in [0.717, 1.165) is 11.1 Å². The summed E-state index contributed by atoms with van der Waals surface area (Å²) in [5, 5.41) is 4.20. The summed E-state index contributed by atoms with van der Waals surface area (Å²) >= 11 is 6.07. The third-order valence-corrected chi connectivity index (χ3v) is 5.37. The molecule has 1 aromatic carbocycles. The number of sulfonamides is 1. The van der Waals surface area contributed by atoms with Crippen molar-refractivity contribution in [2.45, 2.75) is 18.0 Å². The van der Waals surface area contributed by atoms with Crippen molar-refractivity contribution in [3.05, 3.63) is 46.7 Å². The largest absolute Gasteiger partial charge is 0.326 e. The van der Waals surface area contributed by atoms with Gasteiger partial charge >= 0.3 is 0 Å². The zero-order valence-electron chi connectivity index (χ0n) is 11.8. The van der Waals surface area contributed by atoms with E-state index in [9.17, 15) is 8.42 Å². The van der Waals surface area contributed by atoms with Crippen molar-refractivity contribution in [2.75, 3.05) is 7.05 Å². The van der Waals surface area contributed by atoms with E-state index in [1.165, 1.54) is 17.4 Å². The molecule has 0 unspecified atom stereocenters. The molecule has 21 heavy (non-hydrogen) atoms. The van der Waals surface area contributed by atoms with Crippen LogP contribution in [0.15, 0.2) is 35.5 Å². The SMILES string of the molecule is CN(Cc1cnn(C)c1)S(=O)(=O)c1ccc(CN)cc1Cl. The van der Waals surface area contributed by atoms with Crippen molar-refractivity contribution < 1.29 is 8.42 Å². The Hall–Kier alpha value is -1.41. The van der Waals surface area contributed by atoms with Crippen LogP contribution in [-0.4, -0.2) is 29.6 Å². The fourth-order valence-electron chi connectivity index (χ4n) is 1.94. The van der Waals surface area contributed by atoms with Crippen LogP contribution in [0.3, 0.4) is 0 Å². The molecule has 0 saturated carbocycles. The highest BCUT2D eigenvalue weighted by molar-refractivity contribution is 7.89. The van der Waals surface area contributed by atoms with E-state index in [2.05, 4.69) is 5.10 Å². The molecule has 6 nitrogen and oxygen atoms in total. The quantitative estimate of drug-likeness (QED) is 0.898. The molecule has 2 N–H and O–H groups in total. The minimum absolute atomic E-state index is 0.0766. The number of nitrogens with two attached hydrogens (primary N) is 1. The Balaban J connectivity index is 2.28. The molecule has 0 radical (unpaired) electrons. The van der Waals surface area contributed by atoms with Crippen molar-refractivity contribution in [1.29, 1.82) is 0 Å². The summed E-state index contributed by atoms with van der Waals surface area (Å²) < 4.78 is 28.0. The Labute approximate surface area is 129 Å². The van der Waals surface area contributed by atoms with E-state index >= 15 is 0 Å². The molecular formula is C13H17ClN4O2S. The second-order valence-corrected chi connectivity index (χ2v) is 7.17. The number of hydrogen-bond donors (Lipinski definition) is 1. The van der Waals surface area contributed by atoms with E-state index < -0.39 is 10.0 Å². The number of nitrogens with zero attached hydrogens (tertiary/aromatic N) is 3. The molecule has 0 aliphatic carbocycles. The van der Waals surface area contributed by atoms with Crippen molar-refractivity contribution in [3.8, 4) is 0 Å². The highest BCUT2D eigenvalue weighted by Crippen LogP contribution is 2.26. The average molecular weight is 329 g/mol. The van der Waals surface area contributed by atoms with Gasteiger partial charge in [0.1, 0.15) is 4.90 Å². The van der Waals surface area contributed by atoms with E-state index in [4.69, 9.17) is 17.3 Å². The van der Waals surface area contributed by atoms with Crippen LogP contribution in [0.25, 0.3) is 0 Å². The monoisotopic (exact) mass is 328 g/mol. The summed E-state index contributed by atoms with van der Waals surface area (Å²) in [7, 11) is -0.372. The Morgan fingerprint density at radius 1 is 1.38 bits per heavy atom. The molecule has 0 aliphatic heterocycles. The normalized spacial score (nSPS) is 12.0. The summed E-state index contributed by atoms with van der Waals surface area (Å²) in [6, 6.07) is 4.72. The van der Waals surface area contributed by atoms with Gasteiger partial charge in [-0.3, -0.25) is 4.68 Å². The lowest BCUT2D eigenvalue weighted by Crippen LogP contribution is -2.26. The van der Waals surface area contributed by atoms with Gasteiger partial charge in [-0.2, -0.15) is 9.40 Å². The van der Waals surface area contributed by atoms with E-state index in [1.54, 1.807) is 36.3 Å². The first kappa shape index (κ1) is 16.0. The lowest BCUT2D eigenvalue weighted by molar-refractivity contribution is 0.466. The average Bonchev–Trinajstić information content (AvgIpc) is 2.83. The van der Waals surface area contributed by atoms with Gasteiger partial charge in [0.05, 0.1) is 11.2 Å². The summed E-state index contributed by atoms with van der Waals surface area (Å²) in [6.07, 6.45) is 3.40. The van der Waals surface area contributed by atoms with Gasteiger partial charge in [0.2, 0.25) is 10.0 Å². The summed E-state index contributed by atoms with van der Waals surface area (Å²) in [5.41, 5.74) is 7.10. The van der Waals surface area contributed by atoms with Gasteiger partial charge < -0.3 is 5.73 Å². The summed E-state index contributed by atoms with van der Waals surface area (Å²) in [5.74, 6) is 0. The van der Waals surface area contributed by atoms with Crippen LogP contribution in [0.2, 0.25) is 5.02 Å². The smallest absolute Gasteiger partial charge is 0.244 e. The van der Waals surface area contributed by atoms with Crippen LogP contribution >= 0.6 is 11.6 Å². The predicted octanol–water partition coefficient (Wildman–Crippen LogP) is 1.35. The molecule has 1 heterocycles. The first-order chi connectivity index (χ1) is 9.84. The number of hydrogen-bond acceptors (Lipinski definition) is 4. The maximum Gasteiger partial charge on any atom is 0.244 e. The van der Waals surface area contributed by atoms with Crippen LogP contribution in [0.5, 0.6) is 0 Å². The highest BCUT2D eigenvalue weighted by atomic mass is 35.5. The number of halogens is 1. The molecule has 2 rings (SSSR count). The zero-order valence-corrected chi connectivity index (χ0v) is 13.4. The third-order valence-electron chi connectivity index (χ3n) is 3.08. The second kappa shape index (κ2) is 6.15. The van der Waals surface area contributed by atoms with Crippen molar-refractivity contribution in [3.63, 3.8) is 0 Å². The molecule has 1 aromatic heterocycles. The lowest BCUT2D eigenvalue weighted by Gasteiger charge is -2.17. The van der Waals surface area contributed by atoms with Crippen LogP contribution < -0.4 is 5.73 Å². The standard InChI is InChI=1S/C13H17ClN4O2S/c1-17-8-11(7-16-17)9-18(2)21(19,20)13-4-3-10(6-15)5-12(13)14/h3-5,7-8H,6,9,15H2,1-2H3. The molecule has 0 spiro atoms. The minimum atomic E-state index is -3.66. The first-order valence-electron chi connectivity index (χ1n) is 6.27. The topological polar surface area (TPSA) is 81.2 Å². The van der Waals surface area contributed by atoms with E-state index in [-0.39, 0.29) is 16.5 Å². The lowest BCUT2D eigenvalue weighted by atomic mass is 10.2. The van der Waals surface area contributed by atoms with Crippen molar-refractivity contribution in [2.24, 2.45) is 12.8 Å². The van der Waals surface area contributed by atoms with E-state index in [0.29, 0.717) is 6.54 Å². The molecular weight excluding hydrogens is 312 g/mol. The maximum atomic E-state index is 12.5. The molecule has 114 valence electrons. The van der Waals surface area contributed by atoms with Crippen molar-refractivity contribution in [1.82, 2.24) is 14.1 Å². The van der Waals surface area contributed by atoms with Gasteiger partial charge in [-0.15, -0.1) is 0 Å². The van der Waals surface area contributed by atoms with Gasteiger partial charge in [-0.05, 0) is 17.7 Å². The number of benzene rings is 1. The zero-order chi connectivity index (χ0) is 15.6. The highest BCUT2D eigenvalue weighted by Gasteiger charge is 2.24. The Kier molecular flexibility index (Phi) is 4.67. The Bertz CT molecular complexity index is 742. The van der Waals surface area contributed by atoms with Gasteiger partial charge in [0.15, 0.2) is 0 Å². The van der Waals surface area contributed by atoms with Crippen LogP contribution in [-0.2, 0) is 30.2 Å². The number of rotatable bonds is 5. The van der Waals surface area contributed by atoms with Crippen LogP contribution in [0.1, 0.15) is 11.1 Å². The Morgan fingerprint density at radius 2 is 2.10 bits per heavy atom. The molecule has 0 aliphatic rings. The fraction of sp³-hybridized carbons (Fsp3) is 0.308. The fourth-order valence-corrected chi connectivity index (χ4v) is 3.64. The number of aromatic nitrogens is 2. The molecule has 0 bridgehead atoms. The van der Waals surface area contributed by atoms with Crippen LogP contribution in [0, 0.1) is 0 Å². The summed E-state index contributed by atoms with van der Waals surface area (Å²) in [6.45, 7) is 0.538. The van der Waals surface area contributed by atoms with Gasteiger partial charge in [-0.1, -0.05) is 17.7 Å². The molecule has 0 atom stereocenters. The summed E-state index contributed by atoms with van der Waals surface area (Å²) in [4.78, 5) is 0.0766. The molecule has 0 amide bonds. The Morgan fingerprint density at radius 3 is 2.62 bits per heavy atom. The molecule has 2 aromatic rings. The third kappa shape index (κ3) is 3.44. The van der Waals surface area contributed by atoms with Crippen molar-refractivity contribution >= 4 is 21.6 Å². The first-order valence-corrected chi connectivity index (χ1v) is 8.08. The molecule has 0 fully saturated rings. The van der Waals surface area contributed by atoms with Crippen LogP contribution in [0.4, 0.5) is 0 Å². The van der Waals surface area contributed by atoms with Gasteiger partial charge in [0.25, 0.3) is 0 Å². The number of aryl methyl sites for hydroxylation is 1. The van der Waals surface area contributed by atoms with Gasteiger partial charge in [0, 0.05) is 38.9 Å². The molecule has 0 saturated heterocycles. The predicted molar refractivity (Wildman–Crippen MR) is 81.2 cm³/mol. The maximum absolute atomic E-state index is 12.5.